The number of aliphatic hydroxyl groups excluding tert-OH is 1. The van der Waals surface area contributed by atoms with Crippen LogP contribution in [0.25, 0.3) is 0 Å². The van der Waals surface area contributed by atoms with Gasteiger partial charge in [0.05, 0.1) is 18.8 Å². The summed E-state index contributed by atoms with van der Waals surface area (Å²) >= 11 is 0. The maximum atomic E-state index is 8.94. The van der Waals surface area contributed by atoms with Crippen LogP contribution in [-0.2, 0) is 9.47 Å². The zero-order chi connectivity index (χ0) is 7.98. The van der Waals surface area contributed by atoms with Gasteiger partial charge < -0.3 is 14.6 Å². The largest absolute Gasteiger partial charge is 0.393 e. The quantitative estimate of drug-likeness (QED) is 0.614. The number of hydrogen-bond acceptors (Lipinski definition) is 3. The lowest BCUT2D eigenvalue weighted by atomic mass is 10.2. The zero-order valence-corrected chi connectivity index (χ0v) is 6.83. The Hall–Kier alpha value is -0.120. The number of methoxy groups -OCH3 is 2. The van der Waals surface area contributed by atoms with E-state index in [1.807, 2.05) is 0 Å². The van der Waals surface area contributed by atoms with Crippen LogP contribution in [-0.4, -0.2) is 38.1 Å². The first-order valence-corrected chi connectivity index (χ1v) is 3.40. The molecule has 2 atom stereocenters. The van der Waals surface area contributed by atoms with Gasteiger partial charge in [-0.05, 0) is 6.92 Å². The van der Waals surface area contributed by atoms with Gasteiger partial charge in [-0.15, -0.1) is 0 Å². The van der Waals surface area contributed by atoms with Gasteiger partial charge in [0, 0.05) is 20.6 Å². The van der Waals surface area contributed by atoms with E-state index < -0.39 is 0 Å². The summed E-state index contributed by atoms with van der Waals surface area (Å²) in [6.45, 7) is 2.28. The predicted molar refractivity (Wildman–Crippen MR) is 39.0 cm³/mol. The van der Waals surface area contributed by atoms with Crippen molar-refractivity contribution in [3.05, 3.63) is 0 Å². The third-order valence-corrected chi connectivity index (χ3v) is 1.29. The van der Waals surface area contributed by atoms with Gasteiger partial charge in [0.2, 0.25) is 0 Å². The minimum atomic E-state index is -0.319. The summed E-state index contributed by atoms with van der Waals surface area (Å²) in [6, 6.07) is 0. The summed E-state index contributed by atoms with van der Waals surface area (Å²) in [5, 5.41) is 8.94. The monoisotopic (exact) mass is 148 g/mol. The van der Waals surface area contributed by atoms with E-state index in [-0.39, 0.29) is 12.2 Å². The van der Waals surface area contributed by atoms with Crippen molar-refractivity contribution in [3.63, 3.8) is 0 Å². The van der Waals surface area contributed by atoms with Crippen molar-refractivity contribution >= 4 is 0 Å². The van der Waals surface area contributed by atoms with Crippen molar-refractivity contribution in [3.8, 4) is 0 Å². The highest BCUT2D eigenvalue weighted by atomic mass is 16.5. The number of ether oxygens (including phenoxy) is 2. The topological polar surface area (TPSA) is 38.7 Å². The highest BCUT2D eigenvalue weighted by Crippen LogP contribution is 2.01. The van der Waals surface area contributed by atoms with Gasteiger partial charge in [0.1, 0.15) is 0 Å². The summed E-state index contributed by atoms with van der Waals surface area (Å²) in [5.41, 5.74) is 0. The highest BCUT2D eigenvalue weighted by molar-refractivity contribution is 4.59. The molecule has 0 aromatic heterocycles. The fourth-order valence-electron chi connectivity index (χ4n) is 0.799. The van der Waals surface area contributed by atoms with E-state index in [0.29, 0.717) is 13.0 Å². The minimum Gasteiger partial charge on any atom is -0.393 e. The molecule has 0 aliphatic rings. The Labute approximate surface area is 62.0 Å². The molecule has 0 amide bonds. The molecular weight excluding hydrogens is 132 g/mol. The normalized spacial score (nSPS) is 16.8. The first-order chi connectivity index (χ1) is 4.70. The fraction of sp³-hybridized carbons (Fsp3) is 1.00. The van der Waals surface area contributed by atoms with E-state index in [4.69, 9.17) is 14.6 Å². The van der Waals surface area contributed by atoms with Crippen molar-refractivity contribution in [2.75, 3.05) is 20.8 Å². The van der Waals surface area contributed by atoms with Crippen LogP contribution in [0.15, 0.2) is 0 Å². The average Bonchev–Trinajstić information content (AvgIpc) is 1.86. The van der Waals surface area contributed by atoms with E-state index in [0.717, 1.165) is 0 Å². The van der Waals surface area contributed by atoms with Crippen LogP contribution in [0.5, 0.6) is 0 Å². The second-order valence-corrected chi connectivity index (χ2v) is 2.40. The fourth-order valence-corrected chi connectivity index (χ4v) is 0.799. The minimum absolute atomic E-state index is 0.0185. The number of rotatable bonds is 5. The Morgan fingerprint density at radius 1 is 1.40 bits per heavy atom. The average molecular weight is 148 g/mol. The van der Waals surface area contributed by atoms with Gasteiger partial charge >= 0.3 is 0 Å². The maximum Gasteiger partial charge on any atom is 0.0829 e. The molecule has 0 bridgehead atoms. The molecule has 0 saturated carbocycles. The van der Waals surface area contributed by atoms with Gasteiger partial charge in [-0.3, -0.25) is 0 Å². The second-order valence-electron chi connectivity index (χ2n) is 2.40. The molecule has 0 aliphatic heterocycles. The van der Waals surface area contributed by atoms with Crippen LogP contribution in [0.2, 0.25) is 0 Å². The summed E-state index contributed by atoms with van der Waals surface area (Å²) < 4.78 is 9.88. The number of aliphatic hydroxyl groups is 1. The van der Waals surface area contributed by atoms with Crippen LogP contribution in [0, 0.1) is 0 Å². The Bertz CT molecular complexity index is 73.3. The van der Waals surface area contributed by atoms with Gasteiger partial charge in [-0.1, -0.05) is 0 Å². The van der Waals surface area contributed by atoms with Crippen molar-refractivity contribution in [2.24, 2.45) is 0 Å². The first-order valence-electron chi connectivity index (χ1n) is 3.40. The molecule has 0 fully saturated rings. The molecule has 0 aromatic rings. The van der Waals surface area contributed by atoms with E-state index >= 15 is 0 Å². The standard InChI is InChI=1S/C7H16O3/c1-6(8)4-7(10-3)5-9-2/h6-8H,4-5H2,1-3H3. The van der Waals surface area contributed by atoms with Crippen LogP contribution >= 0.6 is 0 Å². The number of hydrogen-bond donors (Lipinski definition) is 1. The van der Waals surface area contributed by atoms with Crippen molar-refractivity contribution in [2.45, 2.75) is 25.6 Å². The molecule has 2 unspecified atom stereocenters. The molecule has 0 heterocycles. The van der Waals surface area contributed by atoms with Crippen LogP contribution < -0.4 is 0 Å². The molecule has 0 rings (SSSR count). The van der Waals surface area contributed by atoms with E-state index in [2.05, 4.69) is 0 Å². The van der Waals surface area contributed by atoms with Gasteiger partial charge in [-0.2, -0.15) is 0 Å². The van der Waals surface area contributed by atoms with Gasteiger partial charge in [0.25, 0.3) is 0 Å². The third kappa shape index (κ3) is 4.73. The summed E-state index contributed by atoms with van der Waals surface area (Å²) in [4.78, 5) is 0. The lowest BCUT2D eigenvalue weighted by molar-refractivity contribution is -0.000331. The van der Waals surface area contributed by atoms with Crippen LogP contribution in [0.1, 0.15) is 13.3 Å². The summed E-state index contributed by atoms with van der Waals surface area (Å²) in [6.07, 6.45) is 0.328. The second kappa shape index (κ2) is 5.65. The molecular formula is C7H16O3. The van der Waals surface area contributed by atoms with Crippen molar-refractivity contribution in [1.29, 1.82) is 0 Å². The molecule has 1 N–H and O–H groups in total. The molecule has 0 saturated heterocycles. The zero-order valence-electron chi connectivity index (χ0n) is 6.83. The van der Waals surface area contributed by atoms with E-state index in [9.17, 15) is 0 Å². The molecule has 0 aromatic carbocycles. The molecule has 0 aliphatic carbocycles. The van der Waals surface area contributed by atoms with Gasteiger partial charge in [-0.25, -0.2) is 0 Å². The molecule has 10 heavy (non-hydrogen) atoms. The Balaban J connectivity index is 3.39. The third-order valence-electron chi connectivity index (χ3n) is 1.29. The van der Waals surface area contributed by atoms with E-state index in [1.165, 1.54) is 0 Å². The molecule has 3 nitrogen and oxygen atoms in total. The van der Waals surface area contributed by atoms with Crippen molar-refractivity contribution < 1.29 is 14.6 Å². The molecule has 3 heteroatoms. The Kier molecular flexibility index (Phi) is 5.58. The summed E-state index contributed by atoms with van der Waals surface area (Å²) in [5.74, 6) is 0. The first kappa shape index (κ1) is 9.88. The van der Waals surface area contributed by atoms with E-state index in [1.54, 1.807) is 21.1 Å². The lowest BCUT2D eigenvalue weighted by Gasteiger charge is -2.15. The Morgan fingerprint density at radius 3 is 2.30 bits per heavy atom. The smallest absolute Gasteiger partial charge is 0.0829 e. The molecule has 0 radical (unpaired) electrons. The predicted octanol–water partition coefficient (Wildman–Crippen LogP) is 0.419. The maximum absolute atomic E-state index is 8.94. The van der Waals surface area contributed by atoms with Crippen molar-refractivity contribution in [1.82, 2.24) is 0 Å². The Morgan fingerprint density at radius 2 is 2.00 bits per heavy atom. The van der Waals surface area contributed by atoms with Crippen LogP contribution in [0.3, 0.4) is 0 Å². The molecule has 62 valence electrons. The highest BCUT2D eigenvalue weighted by Gasteiger charge is 2.09. The molecule has 0 spiro atoms. The SMILES string of the molecule is COCC(CC(C)O)OC. The lowest BCUT2D eigenvalue weighted by Crippen LogP contribution is -2.22. The van der Waals surface area contributed by atoms with Crippen LogP contribution in [0.4, 0.5) is 0 Å². The van der Waals surface area contributed by atoms with Gasteiger partial charge in [0.15, 0.2) is 0 Å². The summed E-state index contributed by atoms with van der Waals surface area (Å²) in [7, 11) is 3.24.